The summed E-state index contributed by atoms with van der Waals surface area (Å²) in [6, 6.07) is 1.92. The molecule has 1 unspecified atom stereocenters. The molecule has 0 radical (unpaired) electrons. The second kappa shape index (κ2) is 1.98. The molecule has 1 heteroatoms. The first-order valence-corrected chi connectivity index (χ1v) is 4.10. The summed E-state index contributed by atoms with van der Waals surface area (Å²) in [6.07, 6.45) is 7.36. The average Bonchev–Trinajstić information content (AvgIpc) is 2.19. The second-order valence-electron chi connectivity index (χ2n) is 3.48. The summed E-state index contributed by atoms with van der Waals surface area (Å²) in [5.41, 5.74) is 0. The van der Waals surface area contributed by atoms with E-state index >= 15 is 0 Å². The molecule has 2 rings (SSSR count). The molecule has 0 saturated carbocycles. The molecule has 0 spiro atoms. The van der Waals surface area contributed by atoms with Gasteiger partial charge < -0.3 is 4.90 Å². The number of hydrogen-bond donors (Lipinski definition) is 0. The van der Waals surface area contributed by atoms with Crippen LogP contribution in [0.25, 0.3) is 0 Å². The van der Waals surface area contributed by atoms with Crippen LogP contribution in [0.4, 0.5) is 0 Å². The van der Waals surface area contributed by atoms with Gasteiger partial charge in [-0.2, -0.15) is 0 Å². The highest BCUT2D eigenvalue weighted by molar-refractivity contribution is 4.89. The zero-order chi connectivity index (χ0) is 6.27. The van der Waals surface area contributed by atoms with Crippen LogP contribution in [0.2, 0.25) is 0 Å². The molecule has 2 heterocycles. The SMILES string of the molecule is CN1C2CCC[C@H]1CC2. The predicted molar refractivity (Wildman–Crippen MR) is 38.4 cm³/mol. The van der Waals surface area contributed by atoms with Gasteiger partial charge in [-0.25, -0.2) is 0 Å². The second-order valence-corrected chi connectivity index (χ2v) is 3.48. The summed E-state index contributed by atoms with van der Waals surface area (Å²) in [4.78, 5) is 2.59. The van der Waals surface area contributed by atoms with Gasteiger partial charge in [0, 0.05) is 12.1 Å². The number of nitrogens with zero attached hydrogens (tertiary/aromatic N) is 1. The van der Waals surface area contributed by atoms with Crippen molar-refractivity contribution in [1.29, 1.82) is 0 Å². The summed E-state index contributed by atoms with van der Waals surface area (Å²) in [7, 11) is 2.29. The van der Waals surface area contributed by atoms with E-state index in [1.54, 1.807) is 0 Å². The Balaban J connectivity index is 2.10. The zero-order valence-corrected chi connectivity index (χ0v) is 6.14. The van der Waals surface area contributed by atoms with Gasteiger partial charge in [0.05, 0.1) is 0 Å². The van der Waals surface area contributed by atoms with Crippen molar-refractivity contribution in [3.63, 3.8) is 0 Å². The van der Waals surface area contributed by atoms with E-state index in [-0.39, 0.29) is 0 Å². The van der Waals surface area contributed by atoms with Crippen molar-refractivity contribution >= 4 is 0 Å². The third-order valence-corrected chi connectivity index (χ3v) is 3.06. The van der Waals surface area contributed by atoms with E-state index < -0.39 is 0 Å². The molecule has 52 valence electrons. The van der Waals surface area contributed by atoms with E-state index in [2.05, 4.69) is 11.9 Å². The highest BCUT2D eigenvalue weighted by Gasteiger charge is 2.33. The van der Waals surface area contributed by atoms with E-state index in [1.807, 2.05) is 0 Å². The molecule has 2 atom stereocenters. The van der Waals surface area contributed by atoms with Crippen LogP contribution in [0.15, 0.2) is 0 Å². The first-order valence-electron chi connectivity index (χ1n) is 4.10. The topological polar surface area (TPSA) is 3.24 Å². The maximum absolute atomic E-state index is 2.59. The van der Waals surface area contributed by atoms with Gasteiger partial charge in [-0.3, -0.25) is 0 Å². The first kappa shape index (κ1) is 5.72. The normalized spacial score (nSPS) is 43.7. The van der Waals surface area contributed by atoms with Gasteiger partial charge in [-0.15, -0.1) is 0 Å². The summed E-state index contributed by atoms with van der Waals surface area (Å²) >= 11 is 0. The van der Waals surface area contributed by atoms with Crippen molar-refractivity contribution in [1.82, 2.24) is 4.90 Å². The Morgan fingerprint density at radius 2 is 1.56 bits per heavy atom. The number of piperidine rings is 1. The van der Waals surface area contributed by atoms with Gasteiger partial charge >= 0.3 is 0 Å². The zero-order valence-electron chi connectivity index (χ0n) is 6.14. The molecule has 2 aliphatic rings. The fourth-order valence-electron chi connectivity index (χ4n) is 2.38. The maximum atomic E-state index is 2.59. The van der Waals surface area contributed by atoms with Crippen molar-refractivity contribution < 1.29 is 0 Å². The fourth-order valence-corrected chi connectivity index (χ4v) is 2.38. The Bertz CT molecular complexity index is 95.1. The van der Waals surface area contributed by atoms with Gasteiger partial charge in [0.2, 0.25) is 0 Å². The minimum absolute atomic E-state index is 0.962. The lowest BCUT2D eigenvalue weighted by molar-refractivity contribution is 0.179. The molecule has 0 aliphatic carbocycles. The molecule has 1 nitrogen and oxygen atoms in total. The third-order valence-electron chi connectivity index (χ3n) is 3.06. The Labute approximate surface area is 57.0 Å². The van der Waals surface area contributed by atoms with E-state index in [1.165, 1.54) is 32.1 Å². The van der Waals surface area contributed by atoms with Crippen LogP contribution in [-0.2, 0) is 0 Å². The molecule has 0 N–H and O–H groups in total. The molecule has 0 aromatic rings. The van der Waals surface area contributed by atoms with E-state index in [4.69, 9.17) is 0 Å². The molecular weight excluding hydrogens is 110 g/mol. The summed E-state index contributed by atoms with van der Waals surface area (Å²) in [5.74, 6) is 0. The Morgan fingerprint density at radius 1 is 1.00 bits per heavy atom. The first-order chi connectivity index (χ1) is 4.38. The molecule has 2 bridgehead atoms. The molecular formula is C8H15N. The van der Waals surface area contributed by atoms with Crippen LogP contribution in [0.5, 0.6) is 0 Å². The van der Waals surface area contributed by atoms with Gasteiger partial charge in [0.25, 0.3) is 0 Å². The van der Waals surface area contributed by atoms with Crippen LogP contribution in [0, 0.1) is 0 Å². The Morgan fingerprint density at radius 3 is 2.00 bits per heavy atom. The van der Waals surface area contributed by atoms with Crippen LogP contribution in [-0.4, -0.2) is 24.0 Å². The number of fused-ring (bicyclic) bond motifs is 2. The highest BCUT2D eigenvalue weighted by Crippen LogP contribution is 2.33. The molecule has 2 aliphatic heterocycles. The fraction of sp³-hybridized carbons (Fsp3) is 1.00. The summed E-state index contributed by atoms with van der Waals surface area (Å²) in [6.45, 7) is 0. The van der Waals surface area contributed by atoms with Crippen LogP contribution >= 0.6 is 0 Å². The molecule has 2 saturated heterocycles. The number of rotatable bonds is 0. The summed E-state index contributed by atoms with van der Waals surface area (Å²) < 4.78 is 0. The van der Waals surface area contributed by atoms with Crippen LogP contribution in [0.3, 0.4) is 0 Å². The predicted octanol–water partition coefficient (Wildman–Crippen LogP) is 1.63. The van der Waals surface area contributed by atoms with Crippen molar-refractivity contribution in [3.05, 3.63) is 0 Å². The standard InChI is InChI=1S/C8H15N/c1-9-7-3-2-4-8(9)6-5-7/h7-8H,2-6H2,1H3/t7-,8?/m0/s1. The van der Waals surface area contributed by atoms with E-state index in [0.717, 1.165) is 12.1 Å². The lowest BCUT2D eigenvalue weighted by Gasteiger charge is -2.30. The smallest absolute Gasteiger partial charge is 0.00957 e. The molecule has 0 aromatic carbocycles. The van der Waals surface area contributed by atoms with Gasteiger partial charge in [0.1, 0.15) is 0 Å². The van der Waals surface area contributed by atoms with Gasteiger partial charge in [0.15, 0.2) is 0 Å². The lowest BCUT2D eigenvalue weighted by Crippen LogP contribution is -2.35. The van der Waals surface area contributed by atoms with Gasteiger partial charge in [-0.1, -0.05) is 6.42 Å². The minimum atomic E-state index is 0.962. The molecule has 9 heavy (non-hydrogen) atoms. The molecule has 0 aromatic heterocycles. The monoisotopic (exact) mass is 125 g/mol. The summed E-state index contributed by atoms with van der Waals surface area (Å²) in [5, 5.41) is 0. The van der Waals surface area contributed by atoms with E-state index in [9.17, 15) is 0 Å². The largest absolute Gasteiger partial charge is 0.300 e. The quantitative estimate of drug-likeness (QED) is 0.475. The lowest BCUT2D eigenvalue weighted by atomic mass is 10.0. The minimum Gasteiger partial charge on any atom is -0.300 e. The Hall–Kier alpha value is -0.0400. The highest BCUT2D eigenvalue weighted by atomic mass is 15.2. The van der Waals surface area contributed by atoms with Crippen molar-refractivity contribution in [2.45, 2.75) is 44.2 Å². The van der Waals surface area contributed by atoms with Crippen LogP contribution < -0.4 is 0 Å². The number of hydrogen-bond acceptors (Lipinski definition) is 1. The third kappa shape index (κ3) is 0.787. The average molecular weight is 125 g/mol. The maximum Gasteiger partial charge on any atom is 0.00957 e. The van der Waals surface area contributed by atoms with Crippen molar-refractivity contribution in [2.24, 2.45) is 0 Å². The molecule has 0 amide bonds. The Kier molecular flexibility index (Phi) is 1.26. The van der Waals surface area contributed by atoms with E-state index in [0.29, 0.717) is 0 Å². The van der Waals surface area contributed by atoms with Crippen molar-refractivity contribution in [3.8, 4) is 0 Å². The van der Waals surface area contributed by atoms with Gasteiger partial charge in [-0.05, 0) is 32.7 Å². The molecule has 2 fully saturated rings. The van der Waals surface area contributed by atoms with Crippen molar-refractivity contribution in [2.75, 3.05) is 7.05 Å². The van der Waals surface area contributed by atoms with Crippen LogP contribution in [0.1, 0.15) is 32.1 Å².